The normalized spacial score (nSPS) is 11.5. The number of carboxylic acids is 1. The van der Waals surface area contributed by atoms with E-state index in [0.717, 1.165) is 16.7 Å². The summed E-state index contributed by atoms with van der Waals surface area (Å²) in [4.78, 5) is 28.7. The third-order valence-corrected chi connectivity index (χ3v) is 4.94. The first kappa shape index (κ1) is 21.8. The average molecular weight is 420 g/mol. The fourth-order valence-corrected chi connectivity index (χ4v) is 3.37. The zero-order chi connectivity index (χ0) is 22.4. The number of pyridine rings is 1. The van der Waals surface area contributed by atoms with Gasteiger partial charge in [-0.25, -0.2) is 4.98 Å². The van der Waals surface area contributed by atoms with Gasteiger partial charge in [0.25, 0.3) is 5.91 Å². The number of benzene rings is 2. The molecule has 0 aliphatic heterocycles. The van der Waals surface area contributed by atoms with Gasteiger partial charge in [-0.1, -0.05) is 36.4 Å². The van der Waals surface area contributed by atoms with Crippen molar-refractivity contribution in [2.45, 2.75) is 19.4 Å². The number of ether oxygens (including phenoxy) is 2. The van der Waals surface area contributed by atoms with Crippen molar-refractivity contribution in [3.63, 3.8) is 0 Å². The van der Waals surface area contributed by atoms with Crippen molar-refractivity contribution in [3.8, 4) is 22.8 Å². The van der Waals surface area contributed by atoms with Gasteiger partial charge in [-0.05, 0) is 41.8 Å². The monoisotopic (exact) mass is 420 g/mol. The van der Waals surface area contributed by atoms with Gasteiger partial charge < -0.3 is 19.9 Å². The van der Waals surface area contributed by atoms with E-state index < -0.39 is 17.9 Å². The third kappa shape index (κ3) is 5.19. The molecule has 31 heavy (non-hydrogen) atoms. The quantitative estimate of drug-likeness (QED) is 0.571. The molecule has 2 aromatic carbocycles. The van der Waals surface area contributed by atoms with Crippen molar-refractivity contribution in [2.24, 2.45) is 0 Å². The Kier molecular flexibility index (Phi) is 6.87. The van der Waals surface area contributed by atoms with E-state index in [-0.39, 0.29) is 6.42 Å². The van der Waals surface area contributed by atoms with E-state index in [1.807, 2.05) is 55.5 Å². The van der Waals surface area contributed by atoms with Crippen molar-refractivity contribution in [3.05, 3.63) is 77.5 Å². The molecule has 0 bridgehead atoms. The van der Waals surface area contributed by atoms with Crippen LogP contribution in [0.4, 0.5) is 0 Å². The summed E-state index contributed by atoms with van der Waals surface area (Å²) in [5.74, 6) is -0.395. The summed E-state index contributed by atoms with van der Waals surface area (Å²) in [5.41, 5.74) is 3.35. The van der Waals surface area contributed by atoms with E-state index in [0.29, 0.717) is 22.8 Å². The van der Waals surface area contributed by atoms with Crippen LogP contribution in [0.5, 0.6) is 11.6 Å². The summed E-state index contributed by atoms with van der Waals surface area (Å²) in [5, 5.41) is 12.2. The smallest absolute Gasteiger partial charge is 0.305 e. The van der Waals surface area contributed by atoms with Crippen molar-refractivity contribution in [1.82, 2.24) is 10.3 Å². The number of hydrogen-bond acceptors (Lipinski definition) is 5. The first-order valence-electron chi connectivity index (χ1n) is 9.69. The Hall–Kier alpha value is -3.87. The van der Waals surface area contributed by atoms with Gasteiger partial charge in [0.2, 0.25) is 5.88 Å². The number of aliphatic carboxylic acids is 1. The van der Waals surface area contributed by atoms with Crippen LogP contribution in [-0.2, 0) is 4.79 Å². The highest BCUT2D eigenvalue weighted by molar-refractivity contribution is 5.96. The van der Waals surface area contributed by atoms with Crippen LogP contribution < -0.4 is 14.8 Å². The van der Waals surface area contributed by atoms with E-state index in [4.69, 9.17) is 9.47 Å². The molecule has 160 valence electrons. The van der Waals surface area contributed by atoms with Crippen LogP contribution >= 0.6 is 0 Å². The maximum Gasteiger partial charge on any atom is 0.305 e. The molecule has 0 aliphatic rings. The largest absolute Gasteiger partial charge is 0.497 e. The molecule has 0 unspecified atom stereocenters. The molecule has 0 saturated heterocycles. The molecule has 1 amide bonds. The SMILES string of the molecule is COc1cccc(-c2cc(C(=O)N[C@@H](CC(=O)O)c3ccccc3C)cnc2OC)c1. The molecule has 3 aromatic rings. The lowest BCUT2D eigenvalue weighted by atomic mass is 9.98. The second-order valence-corrected chi connectivity index (χ2v) is 6.99. The number of hydrogen-bond donors (Lipinski definition) is 2. The molecule has 0 radical (unpaired) electrons. The highest BCUT2D eigenvalue weighted by Gasteiger charge is 2.21. The maximum atomic E-state index is 13.0. The summed E-state index contributed by atoms with van der Waals surface area (Å²) in [7, 11) is 3.08. The number of methoxy groups -OCH3 is 2. The van der Waals surface area contributed by atoms with E-state index in [2.05, 4.69) is 10.3 Å². The number of carbonyl (C=O) groups excluding carboxylic acids is 1. The molecule has 0 spiro atoms. The number of carboxylic acid groups (broad SMARTS) is 1. The molecule has 2 N–H and O–H groups in total. The van der Waals surface area contributed by atoms with Gasteiger partial charge in [0, 0.05) is 11.8 Å². The van der Waals surface area contributed by atoms with Crippen LogP contribution in [0.2, 0.25) is 0 Å². The third-order valence-electron chi connectivity index (χ3n) is 4.94. The highest BCUT2D eigenvalue weighted by Crippen LogP contribution is 2.31. The first-order valence-corrected chi connectivity index (χ1v) is 9.69. The van der Waals surface area contributed by atoms with Crippen LogP contribution in [0.1, 0.15) is 33.9 Å². The molecule has 0 aliphatic carbocycles. The van der Waals surface area contributed by atoms with Crippen LogP contribution in [0.15, 0.2) is 60.8 Å². The van der Waals surface area contributed by atoms with Crippen LogP contribution in [-0.4, -0.2) is 36.2 Å². The number of rotatable bonds is 8. The lowest BCUT2D eigenvalue weighted by Gasteiger charge is -2.20. The van der Waals surface area contributed by atoms with Crippen molar-refractivity contribution < 1.29 is 24.2 Å². The number of carbonyl (C=O) groups is 2. The first-order chi connectivity index (χ1) is 14.9. The van der Waals surface area contributed by atoms with Gasteiger partial charge in [-0.3, -0.25) is 9.59 Å². The molecule has 1 atom stereocenters. The predicted molar refractivity (Wildman–Crippen MR) is 116 cm³/mol. The zero-order valence-corrected chi connectivity index (χ0v) is 17.6. The van der Waals surface area contributed by atoms with Crippen LogP contribution in [0, 0.1) is 6.92 Å². The van der Waals surface area contributed by atoms with E-state index >= 15 is 0 Å². The standard InChI is InChI=1S/C24H24N2O5/c1-15-7-4-5-10-19(15)21(13-22(27)28)26-23(29)17-12-20(24(31-3)25-14-17)16-8-6-9-18(11-16)30-2/h4-12,14,21H,13H2,1-3H3,(H,26,29)(H,27,28)/t21-/m0/s1. The average Bonchev–Trinajstić information content (AvgIpc) is 2.78. The second-order valence-electron chi connectivity index (χ2n) is 6.99. The number of amides is 1. The summed E-state index contributed by atoms with van der Waals surface area (Å²) < 4.78 is 10.6. The van der Waals surface area contributed by atoms with E-state index in [1.54, 1.807) is 13.2 Å². The number of nitrogens with zero attached hydrogens (tertiary/aromatic N) is 1. The minimum absolute atomic E-state index is 0.233. The Morgan fingerprint density at radius 3 is 2.52 bits per heavy atom. The molecular weight excluding hydrogens is 396 g/mol. The molecule has 1 aromatic heterocycles. The van der Waals surface area contributed by atoms with Gasteiger partial charge in [-0.15, -0.1) is 0 Å². The number of nitrogens with one attached hydrogen (secondary N) is 1. The fraction of sp³-hybridized carbons (Fsp3) is 0.208. The van der Waals surface area contributed by atoms with Crippen molar-refractivity contribution in [2.75, 3.05) is 14.2 Å². The topological polar surface area (TPSA) is 97.8 Å². The minimum Gasteiger partial charge on any atom is -0.497 e. The molecule has 0 saturated carbocycles. The minimum atomic E-state index is -1.00. The van der Waals surface area contributed by atoms with Crippen molar-refractivity contribution >= 4 is 11.9 Å². The Morgan fingerprint density at radius 2 is 1.84 bits per heavy atom. The van der Waals surface area contributed by atoms with Gasteiger partial charge >= 0.3 is 5.97 Å². The Morgan fingerprint density at radius 1 is 1.06 bits per heavy atom. The summed E-state index contributed by atoms with van der Waals surface area (Å²) in [6.45, 7) is 1.88. The van der Waals surface area contributed by atoms with Gasteiger partial charge in [0.05, 0.1) is 32.2 Å². The number of aryl methyl sites for hydroxylation is 1. The lowest BCUT2D eigenvalue weighted by Crippen LogP contribution is -2.30. The lowest BCUT2D eigenvalue weighted by molar-refractivity contribution is -0.137. The van der Waals surface area contributed by atoms with Gasteiger partial charge in [-0.2, -0.15) is 0 Å². The molecular formula is C24H24N2O5. The number of aromatic nitrogens is 1. The van der Waals surface area contributed by atoms with E-state index in [1.165, 1.54) is 13.3 Å². The zero-order valence-electron chi connectivity index (χ0n) is 17.6. The van der Waals surface area contributed by atoms with Crippen LogP contribution in [0.25, 0.3) is 11.1 Å². The van der Waals surface area contributed by atoms with Crippen molar-refractivity contribution in [1.29, 1.82) is 0 Å². The maximum absolute atomic E-state index is 13.0. The fourth-order valence-electron chi connectivity index (χ4n) is 3.37. The highest BCUT2D eigenvalue weighted by atomic mass is 16.5. The Bertz CT molecular complexity index is 1100. The second kappa shape index (κ2) is 9.75. The summed E-state index contributed by atoms with van der Waals surface area (Å²) in [6, 6.07) is 15.7. The summed E-state index contributed by atoms with van der Waals surface area (Å²) >= 11 is 0. The Balaban J connectivity index is 1.95. The molecule has 0 fully saturated rings. The molecule has 3 rings (SSSR count). The Labute approximate surface area is 180 Å². The van der Waals surface area contributed by atoms with Gasteiger partial charge in [0.15, 0.2) is 0 Å². The van der Waals surface area contributed by atoms with Crippen LogP contribution in [0.3, 0.4) is 0 Å². The predicted octanol–water partition coefficient (Wildman–Crippen LogP) is 4.02. The summed E-state index contributed by atoms with van der Waals surface area (Å²) in [6.07, 6.45) is 1.18. The molecule has 1 heterocycles. The molecule has 7 heteroatoms. The molecule has 7 nitrogen and oxygen atoms in total. The van der Waals surface area contributed by atoms with Gasteiger partial charge in [0.1, 0.15) is 5.75 Å². The van der Waals surface area contributed by atoms with E-state index in [9.17, 15) is 14.7 Å².